The molecule has 0 bridgehead atoms. The maximum Gasteiger partial charge on any atom is 0.135 e. The number of piperidine rings is 3. The Labute approximate surface area is 307 Å². The molecule has 296 valence electrons. The number of carbonyl (C=O) groups is 1. The molecule has 10 nitrogen and oxygen atoms in total. The van der Waals surface area contributed by atoms with Crippen LogP contribution in [0.1, 0.15) is 87.5 Å². The van der Waals surface area contributed by atoms with Crippen LogP contribution < -0.4 is 10.6 Å². The normalized spacial score (nSPS) is 24.1. The second-order valence-electron chi connectivity index (χ2n) is 13.6. The Hall–Kier alpha value is -0.690. The van der Waals surface area contributed by atoms with Gasteiger partial charge in [-0.3, -0.25) is 14.6 Å². The fourth-order valence-electron chi connectivity index (χ4n) is 6.60. The molecule has 0 saturated carbocycles. The largest absolute Gasteiger partial charge is 0.314 e. The van der Waals surface area contributed by atoms with Crippen molar-refractivity contribution in [3.63, 3.8) is 0 Å². The van der Waals surface area contributed by atoms with Crippen LogP contribution in [0, 0.1) is 0 Å². The van der Waals surface area contributed by atoms with E-state index in [0.717, 1.165) is 51.1 Å². The minimum atomic E-state index is 0. The van der Waals surface area contributed by atoms with Gasteiger partial charge < -0.3 is 35.1 Å². The highest BCUT2D eigenvalue weighted by Gasteiger charge is 2.25. The Bertz CT molecular complexity index is 665. The van der Waals surface area contributed by atoms with Gasteiger partial charge in [-0.1, -0.05) is 49.0 Å². The number of likely N-dealkylation sites (N-methyl/N-ethyl adjacent to an activating group) is 2. The zero-order chi connectivity index (χ0) is 36.2. The van der Waals surface area contributed by atoms with Crippen LogP contribution in [0.5, 0.6) is 0 Å². The third-order valence-electron chi connectivity index (χ3n) is 9.98. The van der Waals surface area contributed by atoms with Crippen molar-refractivity contribution in [2.24, 2.45) is 0 Å². The molecular formula is C39H89N9O. The van der Waals surface area contributed by atoms with Crippen molar-refractivity contribution in [1.29, 1.82) is 0 Å². The van der Waals surface area contributed by atoms with Gasteiger partial charge in [0.2, 0.25) is 0 Å². The van der Waals surface area contributed by atoms with E-state index < -0.39 is 0 Å². The predicted octanol–water partition coefficient (Wildman–Crippen LogP) is 3.83. The molecule has 2 N–H and O–H groups in total. The van der Waals surface area contributed by atoms with E-state index in [1.165, 1.54) is 117 Å². The van der Waals surface area contributed by atoms with E-state index in [-0.39, 0.29) is 7.43 Å². The van der Waals surface area contributed by atoms with Crippen LogP contribution >= 0.6 is 0 Å². The quantitative estimate of drug-likeness (QED) is 0.445. The number of piperazine rings is 3. The monoisotopic (exact) mass is 700 g/mol. The lowest BCUT2D eigenvalue weighted by Gasteiger charge is -2.41. The molecule has 0 radical (unpaired) electrons. The Morgan fingerprint density at radius 1 is 0.408 bits per heavy atom. The summed E-state index contributed by atoms with van der Waals surface area (Å²) < 4.78 is 0. The second-order valence-corrected chi connectivity index (χ2v) is 13.6. The second kappa shape index (κ2) is 33.2. The van der Waals surface area contributed by atoms with Gasteiger partial charge >= 0.3 is 0 Å². The van der Waals surface area contributed by atoms with Gasteiger partial charge in [-0.25, -0.2) is 0 Å². The number of likely N-dealkylation sites (tertiary alicyclic amines) is 3. The van der Waals surface area contributed by atoms with Crippen LogP contribution in [-0.2, 0) is 4.79 Å². The average Bonchev–Trinajstić information content (AvgIpc) is 3.15. The van der Waals surface area contributed by atoms with Crippen molar-refractivity contribution in [3.8, 4) is 0 Å². The number of hydrogen-bond acceptors (Lipinski definition) is 10. The van der Waals surface area contributed by atoms with Crippen molar-refractivity contribution in [2.75, 3.05) is 153 Å². The topological polar surface area (TPSA) is 63.8 Å². The van der Waals surface area contributed by atoms with Crippen molar-refractivity contribution < 1.29 is 4.79 Å². The maximum absolute atomic E-state index is 10.6. The van der Waals surface area contributed by atoms with Crippen LogP contribution in [0.3, 0.4) is 0 Å². The van der Waals surface area contributed by atoms with Crippen molar-refractivity contribution in [1.82, 2.24) is 44.9 Å². The Morgan fingerprint density at radius 3 is 1.02 bits per heavy atom. The van der Waals surface area contributed by atoms with Crippen molar-refractivity contribution >= 4 is 5.78 Å². The van der Waals surface area contributed by atoms with Crippen LogP contribution in [0.2, 0.25) is 0 Å². The summed E-state index contributed by atoms with van der Waals surface area (Å²) in [6.45, 7) is 33.8. The van der Waals surface area contributed by atoms with E-state index >= 15 is 0 Å². The number of nitrogens with zero attached hydrogens (tertiary/aromatic N) is 7. The lowest BCUT2D eigenvalue weighted by Crippen LogP contribution is -2.51. The average molecular weight is 700 g/mol. The number of Topliss-reactive ketones (excluding diaryl/α,β-unsaturated/α-hetero) is 1. The summed E-state index contributed by atoms with van der Waals surface area (Å²) >= 11 is 0. The summed E-state index contributed by atoms with van der Waals surface area (Å²) in [4.78, 5) is 27.8. The van der Waals surface area contributed by atoms with Gasteiger partial charge in [0.1, 0.15) is 5.78 Å². The van der Waals surface area contributed by atoms with E-state index in [1.54, 1.807) is 0 Å². The molecule has 6 aliphatic rings. The third-order valence-corrected chi connectivity index (χ3v) is 9.98. The van der Waals surface area contributed by atoms with Gasteiger partial charge in [-0.15, -0.1) is 0 Å². The van der Waals surface area contributed by atoms with Crippen molar-refractivity contribution in [3.05, 3.63) is 0 Å². The summed E-state index contributed by atoms with van der Waals surface area (Å²) in [7, 11) is 10.9. The van der Waals surface area contributed by atoms with Gasteiger partial charge in [-0.2, -0.15) is 0 Å². The Morgan fingerprint density at radius 2 is 0.694 bits per heavy atom. The molecule has 0 aromatic heterocycles. The molecule has 0 aliphatic carbocycles. The van der Waals surface area contributed by atoms with E-state index in [4.69, 9.17) is 0 Å². The summed E-state index contributed by atoms with van der Waals surface area (Å²) in [6.07, 6.45) is 7.01. The van der Waals surface area contributed by atoms with E-state index in [9.17, 15) is 4.79 Å². The van der Waals surface area contributed by atoms with Gasteiger partial charge in [0.05, 0.1) is 0 Å². The van der Waals surface area contributed by atoms with E-state index in [0.29, 0.717) is 5.78 Å². The molecule has 0 aromatic rings. The van der Waals surface area contributed by atoms with Gasteiger partial charge in [0.15, 0.2) is 0 Å². The molecule has 6 saturated heterocycles. The van der Waals surface area contributed by atoms with Crippen LogP contribution in [0.4, 0.5) is 0 Å². The molecule has 10 heteroatoms. The van der Waals surface area contributed by atoms with E-state index in [2.05, 4.69) is 73.1 Å². The first-order valence-corrected chi connectivity index (χ1v) is 20.1. The molecule has 0 amide bonds. The minimum Gasteiger partial charge on any atom is -0.314 e. The molecule has 6 rings (SSSR count). The molecular weight excluding hydrogens is 610 g/mol. The minimum absolute atomic E-state index is 0. The molecule has 6 fully saturated rings. The maximum atomic E-state index is 10.6. The lowest BCUT2D eigenvalue weighted by atomic mass is 10.0. The predicted molar refractivity (Wildman–Crippen MR) is 217 cm³/mol. The number of carbonyl (C=O) groups excluding carboxylic acids is 1. The highest BCUT2D eigenvalue weighted by Crippen LogP contribution is 2.17. The molecule has 0 aromatic carbocycles. The molecule has 6 heterocycles. The highest BCUT2D eigenvalue weighted by molar-refractivity contribution is 5.79. The molecule has 49 heavy (non-hydrogen) atoms. The molecule has 0 unspecified atom stereocenters. The van der Waals surface area contributed by atoms with Crippen LogP contribution in [0.15, 0.2) is 0 Å². The number of rotatable bonds is 2. The van der Waals surface area contributed by atoms with Gasteiger partial charge in [0, 0.05) is 117 Å². The first-order valence-electron chi connectivity index (χ1n) is 20.1. The van der Waals surface area contributed by atoms with Crippen LogP contribution in [0.25, 0.3) is 0 Å². The molecule has 0 spiro atoms. The smallest absolute Gasteiger partial charge is 0.135 e. The summed E-state index contributed by atoms with van der Waals surface area (Å²) in [5, 5.41) is 6.68. The Balaban J connectivity index is 0. The first-order chi connectivity index (χ1) is 23.3. The highest BCUT2D eigenvalue weighted by atomic mass is 16.1. The zero-order valence-electron chi connectivity index (χ0n) is 34.2. The Kier molecular flexibility index (Phi) is 34.1. The van der Waals surface area contributed by atoms with E-state index in [1.807, 2.05) is 48.6 Å². The fraction of sp³-hybridized carbons (Fsp3) is 0.974. The number of hydrogen-bond donors (Lipinski definition) is 2. The fourth-order valence-corrected chi connectivity index (χ4v) is 6.60. The third kappa shape index (κ3) is 24.2. The summed E-state index contributed by atoms with van der Waals surface area (Å²) in [5.74, 6) is 0.420. The van der Waals surface area contributed by atoms with Gasteiger partial charge in [0.25, 0.3) is 0 Å². The number of ketones is 1. The molecule has 6 aliphatic heterocycles. The van der Waals surface area contributed by atoms with Gasteiger partial charge in [-0.05, 0) is 87.1 Å². The molecule has 0 atom stereocenters. The van der Waals surface area contributed by atoms with Crippen LogP contribution in [-0.4, -0.2) is 205 Å². The van der Waals surface area contributed by atoms with Crippen molar-refractivity contribution in [2.45, 2.75) is 99.6 Å². The standard InChI is InChI=1S/C11H23N3.C10H21N3.C6H11NO.C5H12N2.3C2H6.CH4/c1-12-5-3-11(4-6-12)14-9-7-13(2)8-10-14;1-12-6-2-10(3-7-12)13-8-4-11-5-9-13;1-7-4-2-6(8)3-5-7;1-7-4-2-6-3-5-7;3*1-2;/h11H,3-10H2,1-2H3;10-11H,2-9H2,1H3;2-5H2,1H3;6H,2-5H2,1H3;3*1-2H3;1H4. The summed E-state index contributed by atoms with van der Waals surface area (Å²) in [6, 6.07) is 1.75. The number of nitrogens with one attached hydrogen (secondary N) is 2. The SMILES string of the molecule is C.CC.CC.CC.CN1CCC(=O)CC1.CN1CCC(N2CCN(C)CC2)CC1.CN1CCC(N2CCNCC2)CC1.CN1CCNCC1. The lowest BCUT2D eigenvalue weighted by molar-refractivity contribution is -0.121. The summed E-state index contributed by atoms with van der Waals surface area (Å²) in [5.41, 5.74) is 0. The zero-order valence-corrected chi connectivity index (χ0v) is 34.2. The first kappa shape index (κ1) is 50.4.